The normalized spacial score (nSPS) is 10.2. The average Bonchev–Trinajstić information content (AvgIpc) is 2.77. The minimum absolute atomic E-state index is 0.220. The van der Waals surface area contributed by atoms with Gasteiger partial charge < -0.3 is 9.73 Å². The van der Waals surface area contributed by atoms with Crippen LogP contribution in [0, 0.1) is 6.92 Å². The van der Waals surface area contributed by atoms with Gasteiger partial charge >= 0.3 is 0 Å². The van der Waals surface area contributed by atoms with Crippen LogP contribution in [0.3, 0.4) is 0 Å². The van der Waals surface area contributed by atoms with Gasteiger partial charge in [-0.3, -0.25) is 4.79 Å². The summed E-state index contributed by atoms with van der Waals surface area (Å²) in [6.45, 7) is 3.91. The molecule has 1 aromatic carbocycles. The molecule has 0 aliphatic rings. The van der Waals surface area contributed by atoms with Gasteiger partial charge in [0.25, 0.3) is 5.91 Å². The Bertz CT molecular complexity index is 511. The fraction of sp³-hybridized carbons (Fsp3) is 0.214. The number of hydrogen-bond donors (Lipinski definition) is 1. The van der Waals surface area contributed by atoms with E-state index in [4.69, 9.17) is 4.42 Å². The molecule has 0 fully saturated rings. The molecule has 3 nitrogen and oxygen atoms in total. The first kappa shape index (κ1) is 11.5. The summed E-state index contributed by atoms with van der Waals surface area (Å²) in [5.41, 5.74) is 2.03. The zero-order valence-corrected chi connectivity index (χ0v) is 9.99. The first-order chi connectivity index (χ1) is 8.19. The third-order valence-electron chi connectivity index (χ3n) is 2.58. The van der Waals surface area contributed by atoms with Gasteiger partial charge in [-0.15, -0.1) is 0 Å². The van der Waals surface area contributed by atoms with Crippen LogP contribution < -0.4 is 5.32 Å². The second-order valence-electron chi connectivity index (χ2n) is 3.91. The van der Waals surface area contributed by atoms with Gasteiger partial charge in [0.15, 0.2) is 5.76 Å². The molecule has 1 heterocycles. The number of rotatable bonds is 3. The van der Waals surface area contributed by atoms with Gasteiger partial charge in [0.05, 0.1) is 0 Å². The van der Waals surface area contributed by atoms with Crippen molar-refractivity contribution in [1.29, 1.82) is 0 Å². The monoisotopic (exact) mass is 229 g/mol. The topological polar surface area (TPSA) is 42.2 Å². The third kappa shape index (κ3) is 2.75. The van der Waals surface area contributed by atoms with Crippen LogP contribution in [0.15, 0.2) is 40.8 Å². The zero-order valence-electron chi connectivity index (χ0n) is 9.99. The molecule has 2 rings (SSSR count). The first-order valence-corrected chi connectivity index (χ1v) is 5.66. The molecular weight excluding hydrogens is 214 g/mol. The molecule has 1 amide bonds. The van der Waals surface area contributed by atoms with Crippen molar-refractivity contribution >= 4 is 11.6 Å². The van der Waals surface area contributed by atoms with Crippen molar-refractivity contribution < 1.29 is 9.21 Å². The van der Waals surface area contributed by atoms with Crippen LogP contribution in [0.2, 0.25) is 0 Å². The van der Waals surface area contributed by atoms with E-state index >= 15 is 0 Å². The highest BCUT2D eigenvalue weighted by Gasteiger charge is 2.09. The molecule has 0 radical (unpaired) electrons. The number of furan rings is 1. The van der Waals surface area contributed by atoms with Crippen molar-refractivity contribution in [3.05, 3.63) is 53.5 Å². The van der Waals surface area contributed by atoms with Gasteiger partial charge in [-0.25, -0.2) is 0 Å². The molecule has 88 valence electrons. The molecule has 0 spiro atoms. The molecule has 1 aromatic heterocycles. The van der Waals surface area contributed by atoms with Gasteiger partial charge in [0.2, 0.25) is 0 Å². The van der Waals surface area contributed by atoms with Crippen molar-refractivity contribution in [2.75, 3.05) is 5.32 Å². The Hall–Kier alpha value is -2.03. The quantitative estimate of drug-likeness (QED) is 0.876. The standard InChI is InChI=1S/C14H15NO2/c1-3-11-5-7-12(8-6-11)15-14(16)13-9-4-10(2)17-13/h4-9H,3H2,1-2H3,(H,15,16). The summed E-state index contributed by atoms with van der Waals surface area (Å²) in [4.78, 5) is 11.8. The second kappa shape index (κ2) is 4.87. The summed E-state index contributed by atoms with van der Waals surface area (Å²) in [5.74, 6) is 0.848. The number of amides is 1. The molecule has 0 aliphatic heterocycles. The molecule has 0 atom stereocenters. The van der Waals surface area contributed by atoms with Gasteiger partial charge in [-0.1, -0.05) is 19.1 Å². The Morgan fingerprint density at radius 2 is 1.88 bits per heavy atom. The smallest absolute Gasteiger partial charge is 0.291 e. The van der Waals surface area contributed by atoms with Gasteiger partial charge in [-0.05, 0) is 43.2 Å². The average molecular weight is 229 g/mol. The fourth-order valence-corrected chi connectivity index (χ4v) is 1.57. The van der Waals surface area contributed by atoms with E-state index in [9.17, 15) is 4.79 Å². The maximum Gasteiger partial charge on any atom is 0.291 e. The lowest BCUT2D eigenvalue weighted by molar-refractivity contribution is 0.0995. The van der Waals surface area contributed by atoms with E-state index in [0.717, 1.165) is 17.9 Å². The van der Waals surface area contributed by atoms with Crippen LogP contribution in [-0.4, -0.2) is 5.91 Å². The van der Waals surface area contributed by atoms with Crippen LogP contribution in [0.1, 0.15) is 28.8 Å². The number of hydrogen-bond acceptors (Lipinski definition) is 2. The van der Waals surface area contributed by atoms with Gasteiger partial charge in [-0.2, -0.15) is 0 Å². The van der Waals surface area contributed by atoms with Crippen molar-refractivity contribution in [2.24, 2.45) is 0 Å². The van der Waals surface area contributed by atoms with Crippen LogP contribution in [-0.2, 0) is 6.42 Å². The Morgan fingerprint density at radius 1 is 1.18 bits per heavy atom. The zero-order chi connectivity index (χ0) is 12.3. The van der Waals surface area contributed by atoms with Crippen LogP contribution in [0.5, 0.6) is 0 Å². The second-order valence-corrected chi connectivity index (χ2v) is 3.91. The largest absolute Gasteiger partial charge is 0.456 e. The fourth-order valence-electron chi connectivity index (χ4n) is 1.57. The van der Waals surface area contributed by atoms with Crippen molar-refractivity contribution in [1.82, 2.24) is 0 Å². The SMILES string of the molecule is CCc1ccc(NC(=O)c2ccc(C)o2)cc1. The van der Waals surface area contributed by atoms with E-state index in [-0.39, 0.29) is 5.91 Å². The molecule has 0 unspecified atom stereocenters. The molecule has 0 saturated heterocycles. The van der Waals surface area contributed by atoms with Gasteiger partial charge in [0.1, 0.15) is 5.76 Å². The van der Waals surface area contributed by atoms with E-state index in [2.05, 4.69) is 12.2 Å². The lowest BCUT2D eigenvalue weighted by Crippen LogP contribution is -2.10. The van der Waals surface area contributed by atoms with Gasteiger partial charge in [0, 0.05) is 5.69 Å². The minimum atomic E-state index is -0.220. The molecule has 17 heavy (non-hydrogen) atoms. The number of anilines is 1. The summed E-state index contributed by atoms with van der Waals surface area (Å²) < 4.78 is 5.25. The van der Waals surface area contributed by atoms with Crippen LogP contribution in [0.4, 0.5) is 5.69 Å². The number of carbonyl (C=O) groups excluding carboxylic acids is 1. The van der Waals surface area contributed by atoms with E-state index < -0.39 is 0 Å². The summed E-state index contributed by atoms with van der Waals surface area (Å²) in [6.07, 6.45) is 0.992. The summed E-state index contributed by atoms with van der Waals surface area (Å²) in [6, 6.07) is 11.2. The number of aryl methyl sites for hydroxylation is 2. The van der Waals surface area contributed by atoms with E-state index in [1.165, 1.54) is 5.56 Å². The Labute approximate surface area is 100 Å². The summed E-state index contributed by atoms with van der Waals surface area (Å²) >= 11 is 0. The Balaban J connectivity index is 2.07. The lowest BCUT2D eigenvalue weighted by atomic mass is 10.1. The van der Waals surface area contributed by atoms with Crippen molar-refractivity contribution in [3.8, 4) is 0 Å². The van der Waals surface area contributed by atoms with E-state index in [0.29, 0.717) is 5.76 Å². The molecule has 3 heteroatoms. The molecular formula is C14H15NO2. The number of carbonyl (C=O) groups is 1. The molecule has 1 N–H and O–H groups in total. The molecule has 2 aromatic rings. The maximum atomic E-state index is 11.8. The van der Waals surface area contributed by atoms with Crippen LogP contribution in [0.25, 0.3) is 0 Å². The van der Waals surface area contributed by atoms with Crippen molar-refractivity contribution in [2.45, 2.75) is 20.3 Å². The predicted molar refractivity (Wildman–Crippen MR) is 67.2 cm³/mol. The highest BCUT2D eigenvalue weighted by Crippen LogP contribution is 2.13. The summed E-state index contributed by atoms with van der Waals surface area (Å²) in [5, 5.41) is 2.79. The highest BCUT2D eigenvalue weighted by molar-refractivity contribution is 6.02. The predicted octanol–water partition coefficient (Wildman–Crippen LogP) is 3.40. The lowest BCUT2D eigenvalue weighted by Gasteiger charge is -2.04. The Kier molecular flexibility index (Phi) is 3.28. The van der Waals surface area contributed by atoms with E-state index in [1.807, 2.05) is 31.2 Å². The van der Waals surface area contributed by atoms with Crippen LogP contribution >= 0.6 is 0 Å². The minimum Gasteiger partial charge on any atom is -0.456 e. The van der Waals surface area contributed by atoms with E-state index in [1.54, 1.807) is 12.1 Å². The number of nitrogens with one attached hydrogen (secondary N) is 1. The summed E-state index contributed by atoms with van der Waals surface area (Å²) in [7, 11) is 0. The third-order valence-corrected chi connectivity index (χ3v) is 2.58. The molecule has 0 aliphatic carbocycles. The van der Waals surface area contributed by atoms with Crippen molar-refractivity contribution in [3.63, 3.8) is 0 Å². The Morgan fingerprint density at radius 3 is 2.41 bits per heavy atom. The molecule has 0 bridgehead atoms. The number of benzene rings is 1. The highest BCUT2D eigenvalue weighted by atomic mass is 16.3. The first-order valence-electron chi connectivity index (χ1n) is 5.66. The molecule has 0 saturated carbocycles. The maximum absolute atomic E-state index is 11.8.